The molecule has 0 aliphatic carbocycles. The third-order valence-corrected chi connectivity index (χ3v) is 2.57. The molecule has 4 nitrogen and oxygen atoms in total. The molecular formula is C14H11N3O. The van der Waals surface area contributed by atoms with Gasteiger partial charge in [0.1, 0.15) is 0 Å². The van der Waals surface area contributed by atoms with Gasteiger partial charge in [-0.3, -0.25) is 0 Å². The lowest BCUT2D eigenvalue weighted by Crippen LogP contribution is -1.92. The Morgan fingerprint density at radius 1 is 0.889 bits per heavy atom. The molecule has 88 valence electrons. The first-order valence-corrected chi connectivity index (χ1v) is 5.61. The molecule has 0 saturated carbocycles. The van der Waals surface area contributed by atoms with Gasteiger partial charge < -0.3 is 9.73 Å². The second kappa shape index (κ2) is 4.71. The Hall–Kier alpha value is -2.62. The van der Waals surface area contributed by atoms with E-state index < -0.39 is 0 Å². The number of para-hydroxylation sites is 2. The maximum absolute atomic E-state index is 5.24. The van der Waals surface area contributed by atoms with Crippen molar-refractivity contribution in [2.24, 2.45) is 0 Å². The highest BCUT2D eigenvalue weighted by Gasteiger charge is 2.08. The average Bonchev–Trinajstić information content (AvgIpc) is 2.94. The van der Waals surface area contributed by atoms with E-state index in [9.17, 15) is 0 Å². The standard InChI is InChI=1S/C14H11N3O/c1-2-6-11(7-3-1)16-13-9-5-4-8-12(13)14-17-15-10-18-14/h1-10,16H. The molecule has 0 amide bonds. The summed E-state index contributed by atoms with van der Waals surface area (Å²) in [6.07, 6.45) is 1.33. The normalized spacial score (nSPS) is 10.2. The zero-order valence-electron chi connectivity index (χ0n) is 9.58. The van der Waals surface area contributed by atoms with Crippen LogP contribution in [0.5, 0.6) is 0 Å². The van der Waals surface area contributed by atoms with Gasteiger partial charge in [-0.1, -0.05) is 30.3 Å². The fraction of sp³-hybridized carbons (Fsp3) is 0. The third-order valence-electron chi connectivity index (χ3n) is 2.57. The number of rotatable bonds is 3. The number of anilines is 2. The van der Waals surface area contributed by atoms with Crippen LogP contribution in [0.1, 0.15) is 0 Å². The number of nitrogens with zero attached hydrogens (tertiary/aromatic N) is 2. The van der Waals surface area contributed by atoms with Gasteiger partial charge in [-0.15, -0.1) is 10.2 Å². The summed E-state index contributed by atoms with van der Waals surface area (Å²) in [4.78, 5) is 0. The van der Waals surface area contributed by atoms with Crippen molar-refractivity contribution in [3.63, 3.8) is 0 Å². The van der Waals surface area contributed by atoms with Crippen molar-refractivity contribution in [3.8, 4) is 11.5 Å². The molecule has 1 aromatic heterocycles. The lowest BCUT2D eigenvalue weighted by atomic mass is 10.1. The first-order valence-electron chi connectivity index (χ1n) is 5.61. The largest absolute Gasteiger partial charge is 0.423 e. The van der Waals surface area contributed by atoms with Crippen LogP contribution in [0, 0.1) is 0 Å². The van der Waals surface area contributed by atoms with Crippen LogP contribution >= 0.6 is 0 Å². The van der Waals surface area contributed by atoms with Gasteiger partial charge in [0.25, 0.3) is 0 Å². The molecule has 0 saturated heterocycles. The number of aromatic nitrogens is 2. The third kappa shape index (κ3) is 2.08. The summed E-state index contributed by atoms with van der Waals surface area (Å²) in [5.41, 5.74) is 2.84. The minimum atomic E-state index is 0.508. The smallest absolute Gasteiger partial charge is 0.249 e. The zero-order valence-corrected chi connectivity index (χ0v) is 9.58. The number of hydrogen-bond acceptors (Lipinski definition) is 4. The van der Waals surface area contributed by atoms with Crippen LogP contribution in [0.25, 0.3) is 11.5 Å². The minimum Gasteiger partial charge on any atom is -0.423 e. The summed E-state index contributed by atoms with van der Waals surface area (Å²) in [5, 5.41) is 11.0. The molecule has 0 atom stereocenters. The van der Waals surface area contributed by atoms with Gasteiger partial charge in [-0.05, 0) is 24.3 Å². The summed E-state index contributed by atoms with van der Waals surface area (Å²) in [5.74, 6) is 0.508. The lowest BCUT2D eigenvalue weighted by Gasteiger charge is -2.09. The molecule has 0 unspecified atom stereocenters. The van der Waals surface area contributed by atoms with Gasteiger partial charge in [-0.2, -0.15) is 0 Å². The molecule has 0 aliphatic rings. The Morgan fingerprint density at radius 3 is 2.44 bits per heavy atom. The van der Waals surface area contributed by atoms with E-state index in [1.807, 2.05) is 54.6 Å². The molecule has 0 aliphatic heterocycles. The lowest BCUT2D eigenvalue weighted by molar-refractivity contribution is 0.569. The van der Waals surface area contributed by atoms with E-state index in [4.69, 9.17) is 4.42 Å². The van der Waals surface area contributed by atoms with Crippen LogP contribution in [0.15, 0.2) is 65.4 Å². The Bertz CT molecular complexity index is 621. The van der Waals surface area contributed by atoms with Gasteiger partial charge in [-0.25, -0.2) is 0 Å². The van der Waals surface area contributed by atoms with E-state index in [-0.39, 0.29) is 0 Å². The van der Waals surface area contributed by atoms with Crippen molar-refractivity contribution in [3.05, 3.63) is 61.0 Å². The number of benzene rings is 2. The van der Waals surface area contributed by atoms with Crippen molar-refractivity contribution in [2.45, 2.75) is 0 Å². The van der Waals surface area contributed by atoms with Crippen LogP contribution in [0.4, 0.5) is 11.4 Å². The summed E-state index contributed by atoms with van der Waals surface area (Å²) in [6.45, 7) is 0. The monoisotopic (exact) mass is 237 g/mol. The maximum Gasteiger partial charge on any atom is 0.249 e. The van der Waals surface area contributed by atoms with Crippen molar-refractivity contribution in [1.82, 2.24) is 10.2 Å². The summed E-state index contributed by atoms with van der Waals surface area (Å²) in [7, 11) is 0. The van der Waals surface area contributed by atoms with E-state index in [2.05, 4.69) is 15.5 Å². The topological polar surface area (TPSA) is 51.0 Å². The molecule has 18 heavy (non-hydrogen) atoms. The van der Waals surface area contributed by atoms with E-state index in [0.717, 1.165) is 16.9 Å². The van der Waals surface area contributed by atoms with Crippen LogP contribution in [-0.4, -0.2) is 10.2 Å². The Morgan fingerprint density at radius 2 is 1.67 bits per heavy atom. The second-order valence-corrected chi connectivity index (χ2v) is 3.78. The number of hydrogen-bond donors (Lipinski definition) is 1. The SMILES string of the molecule is c1ccc(Nc2ccccc2-c2nnco2)cc1. The quantitative estimate of drug-likeness (QED) is 0.757. The van der Waals surface area contributed by atoms with E-state index in [0.29, 0.717) is 5.89 Å². The van der Waals surface area contributed by atoms with Gasteiger partial charge in [0, 0.05) is 5.69 Å². The molecule has 0 bridgehead atoms. The van der Waals surface area contributed by atoms with Crippen LogP contribution in [0.2, 0.25) is 0 Å². The molecule has 2 aromatic carbocycles. The van der Waals surface area contributed by atoms with Gasteiger partial charge >= 0.3 is 0 Å². The Kier molecular flexibility index (Phi) is 2.75. The molecule has 1 N–H and O–H groups in total. The van der Waals surface area contributed by atoms with Gasteiger partial charge in [0.15, 0.2) is 0 Å². The molecule has 0 spiro atoms. The molecule has 0 radical (unpaired) electrons. The molecule has 1 heterocycles. The Balaban J connectivity index is 1.98. The fourth-order valence-electron chi connectivity index (χ4n) is 1.75. The second-order valence-electron chi connectivity index (χ2n) is 3.78. The van der Waals surface area contributed by atoms with Crippen LogP contribution in [0.3, 0.4) is 0 Å². The fourth-order valence-corrected chi connectivity index (χ4v) is 1.75. The summed E-state index contributed by atoms with van der Waals surface area (Å²) >= 11 is 0. The van der Waals surface area contributed by atoms with E-state index in [1.165, 1.54) is 6.39 Å². The number of nitrogens with one attached hydrogen (secondary N) is 1. The first-order chi connectivity index (χ1) is 8.93. The predicted octanol–water partition coefficient (Wildman–Crippen LogP) is 3.48. The zero-order chi connectivity index (χ0) is 12.2. The Labute approximate surface area is 104 Å². The van der Waals surface area contributed by atoms with Crippen molar-refractivity contribution < 1.29 is 4.42 Å². The summed E-state index contributed by atoms with van der Waals surface area (Å²) in [6, 6.07) is 17.8. The highest BCUT2D eigenvalue weighted by Crippen LogP contribution is 2.28. The van der Waals surface area contributed by atoms with Gasteiger partial charge in [0.05, 0.1) is 11.3 Å². The molecule has 0 fully saturated rings. The predicted molar refractivity (Wildman–Crippen MR) is 69.5 cm³/mol. The average molecular weight is 237 g/mol. The molecular weight excluding hydrogens is 226 g/mol. The molecule has 3 rings (SSSR count). The minimum absolute atomic E-state index is 0.508. The van der Waals surface area contributed by atoms with E-state index >= 15 is 0 Å². The summed E-state index contributed by atoms with van der Waals surface area (Å²) < 4.78 is 5.24. The highest BCUT2D eigenvalue weighted by atomic mass is 16.4. The first kappa shape index (κ1) is 10.5. The molecule has 3 aromatic rings. The molecule has 4 heteroatoms. The van der Waals surface area contributed by atoms with Gasteiger partial charge in [0.2, 0.25) is 12.3 Å². The van der Waals surface area contributed by atoms with Crippen molar-refractivity contribution in [2.75, 3.05) is 5.32 Å². The van der Waals surface area contributed by atoms with Crippen molar-refractivity contribution in [1.29, 1.82) is 0 Å². The van der Waals surface area contributed by atoms with E-state index in [1.54, 1.807) is 0 Å². The van der Waals surface area contributed by atoms with Crippen molar-refractivity contribution >= 4 is 11.4 Å². The van der Waals surface area contributed by atoms with Crippen LogP contribution < -0.4 is 5.32 Å². The van der Waals surface area contributed by atoms with Crippen LogP contribution in [-0.2, 0) is 0 Å². The maximum atomic E-state index is 5.24. The highest BCUT2D eigenvalue weighted by molar-refractivity contribution is 5.76.